The summed E-state index contributed by atoms with van der Waals surface area (Å²) in [4.78, 5) is 4.81. The smallest absolute Gasteiger partial charge is 0.273 e. The van der Waals surface area contributed by atoms with Gasteiger partial charge in [0.2, 0.25) is 0 Å². The third-order valence-electron chi connectivity index (χ3n) is 1.93. The average Bonchev–Trinajstić information content (AvgIpc) is 2.70. The predicted molar refractivity (Wildman–Crippen MR) is 58.2 cm³/mol. The van der Waals surface area contributed by atoms with Crippen LogP contribution in [0.25, 0.3) is 10.7 Å². The van der Waals surface area contributed by atoms with Gasteiger partial charge in [0.05, 0.1) is 9.88 Å². The van der Waals surface area contributed by atoms with Gasteiger partial charge in [-0.2, -0.15) is 0 Å². The molecule has 9 heteroatoms. The molecule has 2 aromatic rings. The predicted octanol–water partition coefficient (Wildman–Crippen LogP) is -0.106. The van der Waals surface area contributed by atoms with E-state index in [0.29, 0.717) is 5.82 Å². The van der Waals surface area contributed by atoms with Gasteiger partial charge in [-0.3, -0.25) is 4.57 Å². The Morgan fingerprint density at radius 3 is 2.56 bits per heavy atom. The lowest BCUT2D eigenvalue weighted by atomic mass is 10.5. The number of hydrogen-bond acceptors (Lipinski definition) is 6. The van der Waals surface area contributed by atoms with Crippen molar-refractivity contribution in [1.29, 1.82) is 0 Å². The fraction of sp³-hybridized carbons (Fsp3) is 0.286. The van der Waals surface area contributed by atoms with E-state index < -0.39 is 10.0 Å². The van der Waals surface area contributed by atoms with E-state index in [1.807, 2.05) is 6.92 Å². The number of primary sulfonamides is 1. The maximum atomic E-state index is 11.1. The fourth-order valence-corrected chi connectivity index (χ4v) is 2.66. The van der Waals surface area contributed by atoms with Crippen LogP contribution >= 0.6 is 11.3 Å². The Bertz CT molecular complexity index is 627. The molecule has 2 N–H and O–H groups in total. The van der Waals surface area contributed by atoms with Crippen molar-refractivity contribution in [2.24, 2.45) is 12.2 Å². The molecule has 0 aliphatic heterocycles. The van der Waals surface area contributed by atoms with E-state index in [2.05, 4.69) is 15.2 Å². The highest BCUT2D eigenvalue weighted by Gasteiger charge is 2.20. The number of aromatic nitrogens is 4. The van der Waals surface area contributed by atoms with Crippen molar-refractivity contribution in [3.8, 4) is 10.7 Å². The lowest BCUT2D eigenvalue weighted by Crippen LogP contribution is -2.17. The van der Waals surface area contributed by atoms with Gasteiger partial charge in [0.15, 0.2) is 5.82 Å². The Labute approximate surface area is 96.0 Å². The van der Waals surface area contributed by atoms with Crippen LogP contribution in [0.5, 0.6) is 0 Å². The van der Waals surface area contributed by atoms with Gasteiger partial charge < -0.3 is 0 Å². The number of sulfonamides is 1. The van der Waals surface area contributed by atoms with E-state index >= 15 is 0 Å². The van der Waals surface area contributed by atoms with Gasteiger partial charge in [-0.1, -0.05) is 0 Å². The van der Waals surface area contributed by atoms with Gasteiger partial charge in [-0.05, 0) is 6.92 Å². The van der Waals surface area contributed by atoms with E-state index in [1.165, 1.54) is 15.9 Å². The molecule has 0 aliphatic rings. The summed E-state index contributed by atoms with van der Waals surface area (Å²) >= 11 is 1.41. The van der Waals surface area contributed by atoms with Crippen molar-refractivity contribution >= 4 is 21.4 Å². The zero-order valence-corrected chi connectivity index (χ0v) is 10.2. The highest BCUT2D eigenvalue weighted by Crippen LogP contribution is 2.24. The largest absolute Gasteiger partial charge is 0.299 e. The lowest BCUT2D eigenvalue weighted by molar-refractivity contribution is 0.580. The van der Waals surface area contributed by atoms with Crippen molar-refractivity contribution in [3.63, 3.8) is 0 Å². The average molecular weight is 259 g/mol. The van der Waals surface area contributed by atoms with Crippen LogP contribution in [-0.2, 0) is 17.1 Å². The van der Waals surface area contributed by atoms with Crippen LogP contribution in [-0.4, -0.2) is 28.2 Å². The first-order chi connectivity index (χ1) is 7.39. The minimum absolute atomic E-state index is 0.256. The molecule has 0 atom stereocenters. The molecule has 16 heavy (non-hydrogen) atoms. The third kappa shape index (κ3) is 1.84. The van der Waals surface area contributed by atoms with Gasteiger partial charge in [0, 0.05) is 13.2 Å². The molecule has 2 rings (SSSR count). The normalized spacial score (nSPS) is 11.9. The molecule has 2 aromatic heterocycles. The molecular weight excluding hydrogens is 250 g/mol. The Kier molecular flexibility index (Phi) is 2.52. The molecule has 0 radical (unpaired) electrons. The number of aryl methyl sites for hydroxylation is 1. The monoisotopic (exact) mass is 259 g/mol. The molecule has 7 nitrogen and oxygen atoms in total. The van der Waals surface area contributed by atoms with Crippen LogP contribution in [0.2, 0.25) is 0 Å². The number of nitrogens with zero attached hydrogens (tertiary/aromatic N) is 4. The Morgan fingerprint density at radius 1 is 1.44 bits per heavy atom. The number of nitrogens with two attached hydrogens (primary N) is 1. The topological polar surface area (TPSA) is 104 Å². The number of rotatable bonds is 2. The van der Waals surface area contributed by atoms with Crippen LogP contribution < -0.4 is 5.14 Å². The summed E-state index contributed by atoms with van der Waals surface area (Å²) in [7, 11) is -2.29. The van der Waals surface area contributed by atoms with Crippen LogP contribution in [0.15, 0.2) is 11.4 Å². The van der Waals surface area contributed by atoms with E-state index in [0.717, 1.165) is 9.88 Å². The molecule has 86 valence electrons. The first-order valence-corrected chi connectivity index (χ1v) is 6.61. The van der Waals surface area contributed by atoms with Gasteiger partial charge >= 0.3 is 0 Å². The van der Waals surface area contributed by atoms with E-state index in [1.54, 1.807) is 13.2 Å². The van der Waals surface area contributed by atoms with Gasteiger partial charge in [-0.25, -0.2) is 18.5 Å². The number of thiazole rings is 1. The zero-order chi connectivity index (χ0) is 11.9. The van der Waals surface area contributed by atoms with Gasteiger partial charge in [-0.15, -0.1) is 21.5 Å². The summed E-state index contributed by atoms with van der Waals surface area (Å²) in [5.74, 6) is 0.439. The Morgan fingerprint density at radius 2 is 2.12 bits per heavy atom. The molecule has 0 bridgehead atoms. The summed E-state index contributed by atoms with van der Waals surface area (Å²) in [5.41, 5.74) is 0. The quantitative estimate of drug-likeness (QED) is 0.810. The first kappa shape index (κ1) is 11.2. The Balaban J connectivity index is 2.58. The molecule has 0 aliphatic carbocycles. The molecule has 2 heterocycles. The summed E-state index contributed by atoms with van der Waals surface area (Å²) in [5, 5.41) is 12.9. The van der Waals surface area contributed by atoms with Gasteiger partial charge in [0.25, 0.3) is 15.2 Å². The first-order valence-electron chi connectivity index (χ1n) is 4.24. The summed E-state index contributed by atoms with van der Waals surface area (Å²) in [6.07, 6.45) is 1.62. The maximum absolute atomic E-state index is 11.1. The second-order valence-electron chi connectivity index (χ2n) is 3.15. The highest BCUT2D eigenvalue weighted by molar-refractivity contribution is 7.89. The minimum Gasteiger partial charge on any atom is -0.299 e. The van der Waals surface area contributed by atoms with E-state index in [-0.39, 0.29) is 5.16 Å². The molecule has 0 saturated carbocycles. The SMILES string of the molecule is Cc1ncc(-c2nnc(S(N)(=O)=O)n2C)s1. The van der Waals surface area contributed by atoms with Crippen LogP contribution in [0.3, 0.4) is 0 Å². The second-order valence-corrected chi connectivity index (χ2v) is 5.84. The van der Waals surface area contributed by atoms with Crippen molar-refractivity contribution < 1.29 is 8.42 Å². The molecule has 0 amide bonds. The van der Waals surface area contributed by atoms with Crippen molar-refractivity contribution in [2.75, 3.05) is 0 Å². The maximum Gasteiger partial charge on any atom is 0.273 e. The minimum atomic E-state index is -3.84. The summed E-state index contributed by atoms with van der Waals surface area (Å²) in [6.45, 7) is 1.85. The van der Waals surface area contributed by atoms with Crippen LogP contribution in [0.4, 0.5) is 0 Å². The third-order valence-corrected chi connectivity index (χ3v) is 3.70. The summed E-state index contributed by atoms with van der Waals surface area (Å²) < 4.78 is 23.6. The lowest BCUT2D eigenvalue weighted by Gasteiger charge is -1.98. The van der Waals surface area contributed by atoms with Crippen LogP contribution in [0.1, 0.15) is 5.01 Å². The van der Waals surface area contributed by atoms with Crippen LogP contribution in [0, 0.1) is 6.92 Å². The van der Waals surface area contributed by atoms with Crippen molar-refractivity contribution in [2.45, 2.75) is 12.1 Å². The molecule has 0 saturated heterocycles. The highest BCUT2D eigenvalue weighted by atomic mass is 32.2. The molecule has 0 unspecified atom stereocenters. The molecule has 0 fully saturated rings. The fourth-order valence-electron chi connectivity index (χ4n) is 1.24. The van der Waals surface area contributed by atoms with Crippen molar-refractivity contribution in [1.82, 2.24) is 19.7 Å². The van der Waals surface area contributed by atoms with Gasteiger partial charge in [0.1, 0.15) is 0 Å². The van der Waals surface area contributed by atoms with Crippen molar-refractivity contribution in [3.05, 3.63) is 11.2 Å². The molecule has 0 aromatic carbocycles. The standard InChI is InChI=1S/C7H9N5O2S2/c1-4-9-3-5(15-4)6-10-11-7(12(6)2)16(8,13)14/h3H,1-2H3,(H2,8,13,14). The second kappa shape index (κ2) is 3.61. The summed E-state index contributed by atoms with van der Waals surface area (Å²) in [6, 6.07) is 0. The molecular formula is C7H9N5O2S2. The van der Waals surface area contributed by atoms with E-state index in [9.17, 15) is 8.42 Å². The Hall–Kier alpha value is -1.32. The zero-order valence-electron chi connectivity index (χ0n) is 8.58. The number of hydrogen-bond donors (Lipinski definition) is 1. The van der Waals surface area contributed by atoms with E-state index in [4.69, 9.17) is 5.14 Å². The molecule has 0 spiro atoms.